The van der Waals surface area contributed by atoms with Crippen LogP contribution in [0.1, 0.15) is 16.2 Å². The van der Waals surface area contributed by atoms with E-state index in [9.17, 15) is 18.0 Å². The molecule has 9 heteroatoms. The zero-order valence-corrected chi connectivity index (χ0v) is 10.1. The first-order valence-electron chi connectivity index (χ1n) is 5.54. The van der Waals surface area contributed by atoms with E-state index in [0.29, 0.717) is 4.90 Å². The fraction of sp³-hybridized carbons (Fsp3) is 0.273. The van der Waals surface area contributed by atoms with Crippen molar-refractivity contribution in [3.63, 3.8) is 0 Å². The van der Waals surface area contributed by atoms with Gasteiger partial charge in [-0.25, -0.2) is 0 Å². The molecule has 0 saturated heterocycles. The Labute approximate surface area is 111 Å². The lowest BCUT2D eigenvalue weighted by Gasteiger charge is -2.22. The fourth-order valence-electron chi connectivity index (χ4n) is 1.62. The smallest absolute Gasteiger partial charge is 0.406 e. The number of anilines is 1. The van der Waals surface area contributed by atoms with Gasteiger partial charge in [0.15, 0.2) is 0 Å². The molecular formula is C11H11F3N4O2. The fourth-order valence-corrected chi connectivity index (χ4v) is 1.62. The Kier molecular flexibility index (Phi) is 3.68. The molecule has 0 fully saturated rings. The number of nitrogens with zero attached hydrogens (tertiary/aromatic N) is 2. The number of carbonyl (C=O) groups excluding carboxylic acids is 1. The van der Waals surface area contributed by atoms with Gasteiger partial charge >= 0.3 is 6.18 Å². The first kappa shape index (κ1) is 14.0. The molecule has 20 heavy (non-hydrogen) atoms. The van der Waals surface area contributed by atoms with Crippen molar-refractivity contribution in [3.8, 4) is 0 Å². The van der Waals surface area contributed by atoms with Crippen LogP contribution in [0.25, 0.3) is 0 Å². The molecule has 0 aliphatic heterocycles. The van der Waals surface area contributed by atoms with Crippen molar-refractivity contribution in [1.29, 1.82) is 0 Å². The van der Waals surface area contributed by atoms with Crippen LogP contribution in [-0.2, 0) is 6.54 Å². The highest BCUT2D eigenvalue weighted by atomic mass is 19.4. The van der Waals surface area contributed by atoms with Gasteiger partial charge in [-0.1, -0.05) is 0 Å². The highest BCUT2D eigenvalue weighted by Gasteiger charge is 2.34. The Morgan fingerprint density at radius 1 is 1.50 bits per heavy atom. The molecule has 0 bridgehead atoms. The van der Waals surface area contributed by atoms with Gasteiger partial charge in [-0.05, 0) is 12.1 Å². The average molecular weight is 288 g/mol. The van der Waals surface area contributed by atoms with Crippen molar-refractivity contribution in [3.05, 3.63) is 35.9 Å². The minimum atomic E-state index is -4.52. The summed E-state index contributed by atoms with van der Waals surface area (Å²) in [6.07, 6.45) is -3.20. The lowest BCUT2D eigenvalue weighted by molar-refractivity contribution is -0.142. The number of aromatic nitrogens is 2. The molecule has 1 amide bonds. The molecule has 108 valence electrons. The monoisotopic (exact) mass is 288 g/mol. The van der Waals surface area contributed by atoms with E-state index in [1.54, 1.807) is 0 Å². The van der Waals surface area contributed by atoms with E-state index >= 15 is 0 Å². The van der Waals surface area contributed by atoms with Crippen molar-refractivity contribution in [2.24, 2.45) is 0 Å². The summed E-state index contributed by atoms with van der Waals surface area (Å²) in [6.45, 7) is -1.70. The molecule has 2 aromatic heterocycles. The number of nitrogen functional groups attached to an aromatic ring is 1. The number of halogens is 3. The summed E-state index contributed by atoms with van der Waals surface area (Å²) in [4.78, 5) is 12.6. The van der Waals surface area contributed by atoms with Crippen LogP contribution in [0.5, 0.6) is 0 Å². The number of aromatic amines is 1. The van der Waals surface area contributed by atoms with Crippen LogP contribution < -0.4 is 5.73 Å². The van der Waals surface area contributed by atoms with Gasteiger partial charge in [0.2, 0.25) is 0 Å². The Balaban J connectivity index is 2.19. The largest absolute Gasteiger partial charge is 0.467 e. The van der Waals surface area contributed by atoms with E-state index in [1.165, 1.54) is 24.5 Å². The highest BCUT2D eigenvalue weighted by molar-refractivity contribution is 5.92. The number of nitrogens with one attached hydrogen (secondary N) is 1. The zero-order valence-electron chi connectivity index (χ0n) is 10.1. The van der Waals surface area contributed by atoms with Gasteiger partial charge in [0.25, 0.3) is 5.91 Å². The maximum absolute atomic E-state index is 12.5. The topological polar surface area (TPSA) is 88.2 Å². The van der Waals surface area contributed by atoms with Gasteiger partial charge in [0.1, 0.15) is 23.8 Å². The van der Waals surface area contributed by atoms with Crippen molar-refractivity contribution >= 4 is 11.7 Å². The van der Waals surface area contributed by atoms with Crippen molar-refractivity contribution in [1.82, 2.24) is 15.1 Å². The number of alkyl halides is 3. The van der Waals surface area contributed by atoms with Crippen molar-refractivity contribution in [2.45, 2.75) is 12.7 Å². The lowest BCUT2D eigenvalue weighted by Crippen LogP contribution is -2.38. The molecule has 0 atom stereocenters. The van der Waals surface area contributed by atoms with Crippen LogP contribution in [0.3, 0.4) is 0 Å². The molecule has 0 aliphatic carbocycles. The van der Waals surface area contributed by atoms with E-state index in [1.807, 2.05) is 0 Å². The molecule has 0 aromatic carbocycles. The minimum Gasteiger partial charge on any atom is -0.467 e. The lowest BCUT2D eigenvalue weighted by atomic mass is 10.3. The number of nitrogens with two attached hydrogens (primary N) is 1. The molecular weight excluding hydrogens is 277 g/mol. The summed E-state index contributed by atoms with van der Waals surface area (Å²) in [6, 6.07) is 4.19. The SMILES string of the molecule is Nc1cc(C(=O)N(Cc2ccco2)CC(F)(F)F)[nH]n1. The molecule has 6 nitrogen and oxygen atoms in total. The third kappa shape index (κ3) is 3.53. The molecule has 0 radical (unpaired) electrons. The van der Waals surface area contributed by atoms with E-state index < -0.39 is 18.6 Å². The number of rotatable bonds is 4. The second-order valence-corrected chi connectivity index (χ2v) is 4.06. The Morgan fingerprint density at radius 3 is 2.75 bits per heavy atom. The van der Waals surface area contributed by atoms with Crippen LogP contribution in [0.4, 0.5) is 19.0 Å². The van der Waals surface area contributed by atoms with Gasteiger partial charge in [0.05, 0.1) is 12.8 Å². The molecule has 0 unspecified atom stereocenters. The molecule has 0 spiro atoms. The number of furan rings is 1. The quantitative estimate of drug-likeness (QED) is 0.897. The summed E-state index contributed by atoms with van der Waals surface area (Å²) in [7, 11) is 0. The molecule has 3 N–H and O–H groups in total. The van der Waals surface area contributed by atoms with Gasteiger partial charge < -0.3 is 15.1 Å². The zero-order chi connectivity index (χ0) is 14.8. The maximum atomic E-state index is 12.5. The van der Waals surface area contributed by atoms with Crippen LogP contribution in [0, 0.1) is 0 Å². The Hall–Kier alpha value is -2.45. The standard InChI is InChI=1S/C11H11F3N4O2/c12-11(13,14)6-18(5-7-2-1-3-20-7)10(19)8-4-9(15)17-16-8/h1-4H,5-6H2,(H3,15,16,17). The van der Waals surface area contributed by atoms with E-state index in [-0.39, 0.29) is 23.8 Å². The van der Waals surface area contributed by atoms with Gasteiger partial charge in [-0.3, -0.25) is 9.89 Å². The number of carbonyl (C=O) groups is 1. The highest BCUT2D eigenvalue weighted by Crippen LogP contribution is 2.20. The van der Waals surface area contributed by atoms with E-state index in [2.05, 4.69) is 10.2 Å². The predicted octanol–water partition coefficient (Wildman–Crippen LogP) is 1.79. The summed E-state index contributed by atoms with van der Waals surface area (Å²) in [5.41, 5.74) is 5.21. The summed E-state index contributed by atoms with van der Waals surface area (Å²) in [5.74, 6) is -0.587. The maximum Gasteiger partial charge on any atom is 0.406 e. The molecule has 0 aliphatic rings. The molecule has 2 heterocycles. The molecule has 0 saturated carbocycles. The Morgan fingerprint density at radius 2 is 2.25 bits per heavy atom. The number of hydrogen-bond acceptors (Lipinski definition) is 4. The van der Waals surface area contributed by atoms with Gasteiger partial charge in [-0.2, -0.15) is 18.3 Å². The second kappa shape index (κ2) is 5.27. The Bertz CT molecular complexity index is 577. The summed E-state index contributed by atoms with van der Waals surface area (Å²) < 4.78 is 42.6. The van der Waals surface area contributed by atoms with Crippen LogP contribution in [0.2, 0.25) is 0 Å². The minimum absolute atomic E-state index is 0.0262. The second-order valence-electron chi connectivity index (χ2n) is 4.06. The summed E-state index contributed by atoms with van der Waals surface area (Å²) in [5, 5.41) is 5.80. The third-order valence-corrected chi connectivity index (χ3v) is 2.41. The van der Waals surface area contributed by atoms with Crippen LogP contribution in [-0.4, -0.2) is 33.7 Å². The van der Waals surface area contributed by atoms with Crippen molar-refractivity contribution in [2.75, 3.05) is 12.3 Å². The third-order valence-electron chi connectivity index (χ3n) is 2.41. The number of amides is 1. The van der Waals surface area contributed by atoms with Gasteiger partial charge in [-0.15, -0.1) is 0 Å². The van der Waals surface area contributed by atoms with Crippen LogP contribution >= 0.6 is 0 Å². The first-order chi connectivity index (χ1) is 9.35. The van der Waals surface area contributed by atoms with Gasteiger partial charge in [0, 0.05) is 6.07 Å². The number of H-pyrrole nitrogens is 1. The van der Waals surface area contributed by atoms with E-state index in [4.69, 9.17) is 10.2 Å². The number of hydrogen-bond donors (Lipinski definition) is 2. The predicted molar refractivity (Wildman–Crippen MR) is 62.5 cm³/mol. The normalized spacial score (nSPS) is 11.6. The van der Waals surface area contributed by atoms with Crippen molar-refractivity contribution < 1.29 is 22.4 Å². The summed E-state index contributed by atoms with van der Waals surface area (Å²) >= 11 is 0. The van der Waals surface area contributed by atoms with E-state index in [0.717, 1.165) is 0 Å². The van der Waals surface area contributed by atoms with Crippen LogP contribution in [0.15, 0.2) is 28.9 Å². The first-order valence-corrected chi connectivity index (χ1v) is 5.54. The average Bonchev–Trinajstić information content (AvgIpc) is 2.97. The molecule has 2 aromatic rings. The molecule has 2 rings (SSSR count).